The van der Waals surface area contributed by atoms with Crippen molar-refractivity contribution in [1.82, 2.24) is 0 Å². The molecule has 0 bridgehead atoms. The molecule has 1 N–H and O–H groups in total. The second-order valence-corrected chi connectivity index (χ2v) is 4.09. The first-order valence-corrected chi connectivity index (χ1v) is 5.73. The van der Waals surface area contributed by atoms with Crippen LogP contribution < -0.4 is 5.32 Å². The minimum atomic E-state index is 0.111. The van der Waals surface area contributed by atoms with Crippen molar-refractivity contribution in [3.05, 3.63) is 29.3 Å². The van der Waals surface area contributed by atoms with Crippen molar-refractivity contribution in [1.29, 1.82) is 5.26 Å². The molecule has 4 nitrogen and oxygen atoms in total. The van der Waals surface area contributed by atoms with Crippen molar-refractivity contribution >= 4 is 5.69 Å². The average Bonchev–Trinajstić information content (AvgIpc) is 2.38. The predicted octanol–water partition coefficient (Wildman–Crippen LogP) is 1.69. The average molecular weight is 232 g/mol. The van der Waals surface area contributed by atoms with Crippen LogP contribution in [0, 0.1) is 18.3 Å². The Kier molecular flexibility index (Phi) is 3.97. The van der Waals surface area contributed by atoms with Gasteiger partial charge in [0.2, 0.25) is 0 Å². The predicted molar refractivity (Wildman–Crippen MR) is 64.9 cm³/mol. The molecule has 0 saturated carbocycles. The quantitative estimate of drug-likeness (QED) is 0.861. The van der Waals surface area contributed by atoms with E-state index >= 15 is 0 Å². The maximum absolute atomic E-state index is 8.84. The molecule has 1 aromatic rings. The third kappa shape index (κ3) is 3.19. The summed E-state index contributed by atoms with van der Waals surface area (Å²) in [6.45, 7) is 4.66. The number of nitriles is 1. The summed E-state index contributed by atoms with van der Waals surface area (Å²) in [6, 6.07) is 7.87. The molecule has 0 spiro atoms. The van der Waals surface area contributed by atoms with Gasteiger partial charge in [0.05, 0.1) is 37.6 Å². The fraction of sp³-hybridized carbons (Fsp3) is 0.462. The number of nitrogens with zero attached hydrogens (tertiary/aromatic N) is 1. The maximum atomic E-state index is 8.84. The molecule has 1 atom stereocenters. The number of hydrogen-bond acceptors (Lipinski definition) is 4. The van der Waals surface area contributed by atoms with Gasteiger partial charge < -0.3 is 14.8 Å². The van der Waals surface area contributed by atoms with Crippen molar-refractivity contribution in [2.24, 2.45) is 0 Å². The lowest BCUT2D eigenvalue weighted by Gasteiger charge is -2.23. The summed E-state index contributed by atoms with van der Waals surface area (Å²) in [6.07, 6.45) is 0.111. The molecule has 1 fully saturated rings. The van der Waals surface area contributed by atoms with Gasteiger partial charge in [-0.1, -0.05) is 0 Å². The van der Waals surface area contributed by atoms with E-state index in [1.165, 1.54) is 0 Å². The lowest BCUT2D eigenvalue weighted by atomic mass is 10.1. The third-order valence-corrected chi connectivity index (χ3v) is 2.77. The fourth-order valence-electron chi connectivity index (χ4n) is 1.79. The molecule has 0 aromatic heterocycles. The first kappa shape index (κ1) is 11.9. The van der Waals surface area contributed by atoms with Gasteiger partial charge in [-0.25, -0.2) is 0 Å². The van der Waals surface area contributed by atoms with Crippen LogP contribution in [-0.2, 0) is 9.47 Å². The summed E-state index contributed by atoms with van der Waals surface area (Å²) in [5.41, 5.74) is 2.71. The van der Waals surface area contributed by atoms with Gasteiger partial charge in [0.1, 0.15) is 0 Å². The zero-order valence-corrected chi connectivity index (χ0v) is 9.90. The molecule has 1 heterocycles. The van der Waals surface area contributed by atoms with Gasteiger partial charge in [0.25, 0.3) is 0 Å². The van der Waals surface area contributed by atoms with Crippen LogP contribution in [-0.4, -0.2) is 32.5 Å². The number of nitrogens with one attached hydrogen (secondary N) is 1. The summed E-state index contributed by atoms with van der Waals surface area (Å²) < 4.78 is 10.9. The molecule has 0 radical (unpaired) electrons. The van der Waals surface area contributed by atoms with E-state index in [4.69, 9.17) is 14.7 Å². The number of hydrogen-bond donors (Lipinski definition) is 1. The number of rotatable bonds is 3. The highest BCUT2D eigenvalue weighted by Crippen LogP contribution is 2.14. The first-order chi connectivity index (χ1) is 8.29. The number of benzene rings is 1. The molecule has 0 amide bonds. The van der Waals surface area contributed by atoms with Gasteiger partial charge >= 0.3 is 0 Å². The number of aryl methyl sites for hydroxylation is 1. The van der Waals surface area contributed by atoms with E-state index < -0.39 is 0 Å². The van der Waals surface area contributed by atoms with Gasteiger partial charge in [-0.05, 0) is 30.7 Å². The molecule has 1 aliphatic heterocycles. The Labute approximate surface area is 101 Å². The first-order valence-electron chi connectivity index (χ1n) is 5.73. The minimum absolute atomic E-state index is 0.111. The molecule has 90 valence electrons. The molecule has 1 saturated heterocycles. The Morgan fingerprint density at radius 2 is 2.35 bits per heavy atom. The lowest BCUT2D eigenvalue weighted by molar-refractivity contribution is -0.0818. The highest BCUT2D eigenvalue weighted by molar-refractivity contribution is 5.51. The van der Waals surface area contributed by atoms with Crippen LogP contribution in [0.25, 0.3) is 0 Å². The van der Waals surface area contributed by atoms with Crippen LogP contribution in [0.3, 0.4) is 0 Å². The summed E-state index contributed by atoms with van der Waals surface area (Å²) in [5, 5.41) is 12.1. The largest absolute Gasteiger partial charge is 0.382 e. The van der Waals surface area contributed by atoms with Crippen LogP contribution in [0.2, 0.25) is 0 Å². The summed E-state index contributed by atoms with van der Waals surface area (Å²) in [4.78, 5) is 0. The maximum Gasteiger partial charge on any atom is 0.0994 e. The Hall–Kier alpha value is -1.57. The van der Waals surface area contributed by atoms with Gasteiger partial charge in [-0.3, -0.25) is 0 Å². The van der Waals surface area contributed by atoms with Crippen molar-refractivity contribution in [3.63, 3.8) is 0 Å². The minimum Gasteiger partial charge on any atom is -0.382 e. The molecule has 0 aliphatic carbocycles. The van der Waals surface area contributed by atoms with Crippen LogP contribution in [0.5, 0.6) is 0 Å². The Morgan fingerprint density at radius 3 is 3.00 bits per heavy atom. The van der Waals surface area contributed by atoms with E-state index in [9.17, 15) is 0 Å². The number of anilines is 1. The second-order valence-electron chi connectivity index (χ2n) is 4.09. The van der Waals surface area contributed by atoms with E-state index in [2.05, 4.69) is 11.4 Å². The van der Waals surface area contributed by atoms with Crippen LogP contribution in [0.4, 0.5) is 5.69 Å². The van der Waals surface area contributed by atoms with Crippen molar-refractivity contribution < 1.29 is 9.47 Å². The van der Waals surface area contributed by atoms with E-state index in [1.807, 2.05) is 25.1 Å². The molecule has 4 heteroatoms. The van der Waals surface area contributed by atoms with Crippen molar-refractivity contribution in [2.45, 2.75) is 13.0 Å². The van der Waals surface area contributed by atoms with Gasteiger partial charge in [0.15, 0.2) is 0 Å². The van der Waals surface area contributed by atoms with E-state index in [0.717, 1.165) is 17.8 Å². The number of ether oxygens (including phenoxy) is 2. The molecule has 2 rings (SSSR count). The Morgan fingerprint density at radius 1 is 1.47 bits per heavy atom. The zero-order valence-electron chi connectivity index (χ0n) is 9.90. The van der Waals surface area contributed by atoms with Crippen molar-refractivity contribution in [3.8, 4) is 6.07 Å². The Balaban J connectivity index is 1.90. The van der Waals surface area contributed by atoms with Crippen LogP contribution in [0.1, 0.15) is 11.1 Å². The highest BCUT2D eigenvalue weighted by Gasteiger charge is 2.13. The van der Waals surface area contributed by atoms with Crippen molar-refractivity contribution in [2.75, 3.05) is 31.7 Å². The summed E-state index contributed by atoms with van der Waals surface area (Å²) in [7, 11) is 0. The van der Waals surface area contributed by atoms with Crippen LogP contribution in [0.15, 0.2) is 18.2 Å². The van der Waals surface area contributed by atoms with E-state index in [1.54, 1.807) is 0 Å². The lowest BCUT2D eigenvalue weighted by Crippen LogP contribution is -2.34. The Bertz CT molecular complexity index is 420. The molecular weight excluding hydrogens is 216 g/mol. The third-order valence-electron chi connectivity index (χ3n) is 2.77. The SMILES string of the molecule is Cc1cc(NCC2COCCO2)ccc1C#N. The highest BCUT2D eigenvalue weighted by atomic mass is 16.6. The molecule has 1 aliphatic rings. The second kappa shape index (κ2) is 5.67. The smallest absolute Gasteiger partial charge is 0.0994 e. The van der Waals surface area contributed by atoms with Gasteiger partial charge in [0, 0.05) is 12.2 Å². The van der Waals surface area contributed by atoms with E-state index in [-0.39, 0.29) is 6.10 Å². The molecular formula is C13H16N2O2. The fourth-order valence-corrected chi connectivity index (χ4v) is 1.79. The molecule has 17 heavy (non-hydrogen) atoms. The van der Waals surface area contributed by atoms with Crippen LogP contribution >= 0.6 is 0 Å². The normalized spacial score (nSPS) is 19.6. The standard InChI is InChI=1S/C13H16N2O2/c1-10-6-12(3-2-11(10)7-14)15-8-13-9-16-4-5-17-13/h2-3,6,13,15H,4-5,8-9H2,1H3. The van der Waals surface area contributed by atoms with E-state index in [0.29, 0.717) is 25.4 Å². The molecule has 1 unspecified atom stereocenters. The zero-order chi connectivity index (χ0) is 12.1. The summed E-state index contributed by atoms with van der Waals surface area (Å²) in [5.74, 6) is 0. The van der Waals surface area contributed by atoms with Gasteiger partial charge in [-0.2, -0.15) is 5.26 Å². The summed E-state index contributed by atoms with van der Waals surface area (Å²) >= 11 is 0. The monoisotopic (exact) mass is 232 g/mol. The van der Waals surface area contributed by atoms with Gasteiger partial charge in [-0.15, -0.1) is 0 Å². The molecule has 1 aromatic carbocycles. The topological polar surface area (TPSA) is 54.3 Å².